The Morgan fingerprint density at radius 3 is 1.00 bits per heavy atom. The minimum atomic E-state index is 0.260. The first-order chi connectivity index (χ1) is 22.9. The van der Waals surface area contributed by atoms with E-state index in [1.807, 2.05) is 66.7 Å². The second-order valence-electron chi connectivity index (χ2n) is 11.8. The third-order valence-corrected chi connectivity index (χ3v) is 8.12. The van der Waals surface area contributed by atoms with Crippen molar-refractivity contribution in [2.75, 3.05) is 0 Å². The molecule has 0 aromatic heterocycles. The van der Waals surface area contributed by atoms with Gasteiger partial charge in [-0.2, -0.15) is 0 Å². The topological polar surface area (TPSA) is 79.2 Å². The van der Waals surface area contributed by atoms with Crippen LogP contribution in [0.2, 0.25) is 0 Å². The Morgan fingerprint density at radius 2 is 0.617 bits per heavy atom. The summed E-state index contributed by atoms with van der Waals surface area (Å²) in [4.78, 5) is 0. The van der Waals surface area contributed by atoms with Crippen LogP contribution in [0.5, 0.6) is 40.2 Å². The predicted molar refractivity (Wildman–Crippen MR) is 186 cm³/mol. The summed E-state index contributed by atoms with van der Waals surface area (Å²) >= 11 is 0. The highest BCUT2D eigenvalue weighted by Gasteiger charge is 2.09. The Labute approximate surface area is 276 Å². The minimum absolute atomic E-state index is 0.260. The van der Waals surface area contributed by atoms with Gasteiger partial charge in [-0.25, -0.2) is 0 Å². The molecule has 6 aromatic rings. The van der Waals surface area contributed by atoms with E-state index in [1.54, 1.807) is 36.4 Å². The van der Waals surface area contributed by atoms with Gasteiger partial charge in [-0.05, 0) is 145 Å². The molecule has 0 saturated carbocycles. The summed E-state index contributed by atoms with van der Waals surface area (Å²) in [5.41, 5.74) is 6.89. The fraction of sp³-hybridized carbons (Fsp3) is 0.143. The van der Waals surface area contributed by atoms with Crippen molar-refractivity contribution in [1.82, 2.24) is 0 Å². The summed E-state index contributed by atoms with van der Waals surface area (Å²) in [6.07, 6.45) is 5.02. The Hall–Kier alpha value is -5.68. The monoisotopic (exact) mass is 622 g/mol. The Bertz CT molecular complexity index is 1780. The van der Waals surface area contributed by atoms with Gasteiger partial charge in [0.15, 0.2) is 0 Å². The van der Waals surface area contributed by atoms with E-state index in [-0.39, 0.29) is 17.2 Å². The summed E-state index contributed by atoms with van der Waals surface area (Å²) in [5, 5.41) is 28.8. The molecule has 0 atom stereocenters. The average Bonchev–Trinajstić information content (AvgIpc) is 3.08. The highest BCUT2D eigenvalue weighted by atomic mass is 16.5. The first kappa shape index (κ1) is 31.3. The number of rotatable bonds is 13. The van der Waals surface area contributed by atoms with Gasteiger partial charge < -0.3 is 24.8 Å². The SMILES string of the molecule is Oc1ccc(CCc2cccc(Oc3cc(CCc4ccc(O)cc4)cc(Oc4cccc(CCc5ccc(O)cc5)c4)c3)c2)cc1. The Kier molecular flexibility index (Phi) is 10.0. The molecule has 3 N–H and O–H groups in total. The molecule has 236 valence electrons. The van der Waals surface area contributed by atoms with Gasteiger partial charge in [0.05, 0.1) is 0 Å². The molecule has 0 heterocycles. The lowest BCUT2D eigenvalue weighted by molar-refractivity contribution is 0.458. The van der Waals surface area contributed by atoms with Crippen molar-refractivity contribution in [2.45, 2.75) is 38.5 Å². The number of phenolic OH excluding ortho intramolecular Hbond substituents is 3. The Morgan fingerprint density at radius 1 is 0.298 bits per heavy atom. The first-order valence-electron chi connectivity index (χ1n) is 15.9. The van der Waals surface area contributed by atoms with Gasteiger partial charge in [0.2, 0.25) is 0 Å². The number of benzene rings is 6. The van der Waals surface area contributed by atoms with E-state index < -0.39 is 0 Å². The van der Waals surface area contributed by atoms with Crippen molar-refractivity contribution in [1.29, 1.82) is 0 Å². The van der Waals surface area contributed by atoms with Crippen LogP contribution in [0.25, 0.3) is 0 Å². The summed E-state index contributed by atoms with van der Waals surface area (Å²) in [6, 6.07) is 44.3. The van der Waals surface area contributed by atoms with Crippen LogP contribution < -0.4 is 9.47 Å². The smallest absolute Gasteiger partial charge is 0.131 e. The summed E-state index contributed by atoms with van der Waals surface area (Å²) in [7, 11) is 0. The molecule has 0 aliphatic heterocycles. The lowest BCUT2D eigenvalue weighted by atomic mass is 10.0. The van der Waals surface area contributed by atoms with Crippen molar-refractivity contribution in [3.8, 4) is 40.2 Å². The molecule has 5 heteroatoms. The van der Waals surface area contributed by atoms with Crippen molar-refractivity contribution in [3.63, 3.8) is 0 Å². The van der Waals surface area contributed by atoms with Gasteiger partial charge in [-0.3, -0.25) is 0 Å². The van der Waals surface area contributed by atoms with Gasteiger partial charge in [0, 0.05) is 6.07 Å². The van der Waals surface area contributed by atoms with Crippen LogP contribution in [0, 0.1) is 0 Å². The third-order valence-electron chi connectivity index (χ3n) is 8.12. The second kappa shape index (κ2) is 15.1. The normalized spacial score (nSPS) is 10.9. The molecule has 5 nitrogen and oxygen atoms in total. The molecule has 0 amide bonds. The van der Waals surface area contributed by atoms with E-state index >= 15 is 0 Å². The maximum absolute atomic E-state index is 9.69. The second-order valence-corrected chi connectivity index (χ2v) is 11.8. The largest absolute Gasteiger partial charge is 0.508 e. The fourth-order valence-electron chi connectivity index (χ4n) is 5.55. The van der Waals surface area contributed by atoms with Crippen molar-refractivity contribution in [3.05, 3.63) is 173 Å². The molecular weight excluding hydrogens is 584 g/mol. The van der Waals surface area contributed by atoms with E-state index in [2.05, 4.69) is 36.4 Å². The Balaban J connectivity index is 1.18. The minimum Gasteiger partial charge on any atom is -0.508 e. The van der Waals surface area contributed by atoms with Crippen LogP contribution in [-0.2, 0) is 38.5 Å². The van der Waals surface area contributed by atoms with E-state index in [1.165, 1.54) is 22.3 Å². The average molecular weight is 623 g/mol. The van der Waals surface area contributed by atoms with E-state index in [0.717, 1.165) is 61.2 Å². The van der Waals surface area contributed by atoms with Crippen molar-refractivity contribution in [2.24, 2.45) is 0 Å². The standard InChI is InChI=1S/C42H38O5/c43-36-19-13-30(14-20-36)7-10-33-3-1-5-39(25-33)46-41-27-35(12-9-32-17-23-38(45)24-18-32)28-42(29-41)47-40-6-2-4-34(26-40)11-8-31-15-21-37(44)22-16-31/h1-6,13-29,43-45H,7-12H2. The molecule has 0 aliphatic carbocycles. The fourth-order valence-corrected chi connectivity index (χ4v) is 5.55. The highest BCUT2D eigenvalue weighted by molar-refractivity contribution is 5.44. The number of aryl methyl sites for hydroxylation is 6. The molecular formula is C42H38O5. The van der Waals surface area contributed by atoms with Crippen LogP contribution in [0.3, 0.4) is 0 Å². The lowest BCUT2D eigenvalue weighted by Gasteiger charge is -2.14. The summed E-state index contributed by atoms with van der Waals surface area (Å²) < 4.78 is 12.9. The highest BCUT2D eigenvalue weighted by Crippen LogP contribution is 2.32. The molecule has 0 fully saturated rings. The van der Waals surface area contributed by atoms with Gasteiger partial charge in [-0.1, -0.05) is 60.7 Å². The van der Waals surface area contributed by atoms with Gasteiger partial charge >= 0.3 is 0 Å². The number of phenols is 3. The maximum Gasteiger partial charge on any atom is 0.131 e. The number of aromatic hydroxyl groups is 3. The van der Waals surface area contributed by atoms with Crippen molar-refractivity contribution >= 4 is 0 Å². The van der Waals surface area contributed by atoms with Crippen LogP contribution in [0.1, 0.15) is 33.4 Å². The molecule has 0 unspecified atom stereocenters. The van der Waals surface area contributed by atoms with E-state index in [4.69, 9.17) is 9.47 Å². The van der Waals surface area contributed by atoms with Crippen LogP contribution in [0.4, 0.5) is 0 Å². The van der Waals surface area contributed by atoms with Crippen LogP contribution in [-0.4, -0.2) is 15.3 Å². The van der Waals surface area contributed by atoms with Crippen molar-refractivity contribution < 1.29 is 24.8 Å². The predicted octanol–water partition coefficient (Wildman–Crippen LogP) is 9.74. The van der Waals surface area contributed by atoms with E-state index in [0.29, 0.717) is 11.5 Å². The molecule has 0 spiro atoms. The van der Waals surface area contributed by atoms with E-state index in [9.17, 15) is 15.3 Å². The zero-order chi connectivity index (χ0) is 32.4. The molecule has 0 saturated heterocycles. The zero-order valence-electron chi connectivity index (χ0n) is 26.2. The van der Waals surface area contributed by atoms with Gasteiger partial charge in [0.1, 0.15) is 40.2 Å². The first-order valence-corrected chi connectivity index (χ1v) is 15.9. The molecule has 0 aliphatic rings. The van der Waals surface area contributed by atoms with Gasteiger partial charge in [-0.15, -0.1) is 0 Å². The van der Waals surface area contributed by atoms with Gasteiger partial charge in [0.25, 0.3) is 0 Å². The van der Waals surface area contributed by atoms with Crippen LogP contribution >= 0.6 is 0 Å². The summed E-state index contributed by atoms with van der Waals surface area (Å²) in [6.45, 7) is 0. The number of hydrogen-bond donors (Lipinski definition) is 3. The molecule has 0 radical (unpaired) electrons. The summed E-state index contributed by atoms with van der Waals surface area (Å²) in [5.74, 6) is 3.71. The van der Waals surface area contributed by atoms with Crippen LogP contribution in [0.15, 0.2) is 140 Å². The number of hydrogen-bond acceptors (Lipinski definition) is 5. The molecule has 47 heavy (non-hydrogen) atoms. The molecule has 6 rings (SSSR count). The third kappa shape index (κ3) is 9.41. The molecule has 0 bridgehead atoms. The number of ether oxygens (including phenoxy) is 2. The molecule has 6 aromatic carbocycles. The zero-order valence-corrected chi connectivity index (χ0v) is 26.2. The lowest BCUT2D eigenvalue weighted by Crippen LogP contribution is -1.96. The maximum atomic E-state index is 9.69. The quantitative estimate of drug-likeness (QED) is 0.120.